The smallest absolute Gasteiger partial charge is 0.257 e. The van der Waals surface area contributed by atoms with Crippen LogP contribution in [-0.4, -0.2) is 48.2 Å². The molecule has 0 saturated heterocycles. The molecule has 0 unspecified atom stereocenters. The van der Waals surface area contributed by atoms with Gasteiger partial charge in [0.1, 0.15) is 5.75 Å². The molecule has 7 nitrogen and oxygen atoms in total. The molecular formula is C12H18N2O5S. The summed E-state index contributed by atoms with van der Waals surface area (Å²) in [6.07, 6.45) is 0. The van der Waals surface area contributed by atoms with Gasteiger partial charge in [0.05, 0.1) is 11.5 Å². The lowest BCUT2D eigenvalue weighted by molar-refractivity contribution is -0.122. The lowest BCUT2D eigenvalue weighted by Crippen LogP contribution is -2.27. The molecule has 1 aromatic rings. The number of benzene rings is 1. The van der Waals surface area contributed by atoms with Crippen molar-refractivity contribution in [3.63, 3.8) is 0 Å². The van der Waals surface area contributed by atoms with Crippen molar-refractivity contribution in [1.29, 1.82) is 0 Å². The highest BCUT2D eigenvalue weighted by Gasteiger charge is 2.13. The van der Waals surface area contributed by atoms with E-state index in [9.17, 15) is 13.2 Å². The molecule has 1 amide bonds. The van der Waals surface area contributed by atoms with Crippen molar-refractivity contribution >= 4 is 15.9 Å². The maximum Gasteiger partial charge on any atom is 0.257 e. The predicted molar refractivity (Wildman–Crippen MR) is 73.1 cm³/mol. The molecule has 1 aromatic carbocycles. The van der Waals surface area contributed by atoms with Crippen molar-refractivity contribution in [1.82, 2.24) is 10.0 Å². The minimum atomic E-state index is -3.55. The van der Waals surface area contributed by atoms with Gasteiger partial charge in [-0.05, 0) is 24.3 Å². The van der Waals surface area contributed by atoms with Crippen molar-refractivity contribution in [3.8, 4) is 5.75 Å². The number of rotatable bonds is 8. The van der Waals surface area contributed by atoms with Crippen LogP contribution in [0.25, 0.3) is 0 Å². The molecule has 0 heterocycles. The Morgan fingerprint density at radius 1 is 1.25 bits per heavy atom. The topological polar surface area (TPSA) is 93.7 Å². The van der Waals surface area contributed by atoms with E-state index >= 15 is 0 Å². The number of methoxy groups -OCH3 is 1. The van der Waals surface area contributed by atoms with Crippen LogP contribution in [0.3, 0.4) is 0 Å². The van der Waals surface area contributed by atoms with E-state index in [0.717, 1.165) is 0 Å². The first-order chi connectivity index (χ1) is 9.49. The van der Waals surface area contributed by atoms with Gasteiger partial charge < -0.3 is 14.8 Å². The Kier molecular flexibility index (Phi) is 6.43. The fourth-order valence-corrected chi connectivity index (χ4v) is 2.31. The molecule has 1 rings (SSSR count). The Morgan fingerprint density at radius 3 is 2.45 bits per heavy atom. The number of hydrogen-bond donors (Lipinski definition) is 2. The van der Waals surface area contributed by atoms with E-state index in [4.69, 9.17) is 9.47 Å². The molecule has 0 bridgehead atoms. The highest BCUT2D eigenvalue weighted by molar-refractivity contribution is 7.89. The third kappa shape index (κ3) is 5.16. The molecule has 8 heteroatoms. The number of carbonyl (C=O) groups is 1. The highest BCUT2D eigenvalue weighted by Crippen LogP contribution is 2.15. The van der Waals surface area contributed by atoms with E-state index in [1.807, 2.05) is 0 Å². The standard InChI is InChI=1S/C12H18N2O5S/c1-13-12(15)9-19-10-3-5-11(6-4-10)20(16,17)14-7-8-18-2/h3-6,14H,7-9H2,1-2H3,(H,13,15). The van der Waals surface area contributed by atoms with Crippen LogP contribution in [0, 0.1) is 0 Å². The van der Waals surface area contributed by atoms with Gasteiger partial charge in [-0.15, -0.1) is 0 Å². The van der Waals surface area contributed by atoms with Crippen molar-refractivity contribution in [2.24, 2.45) is 0 Å². The summed E-state index contributed by atoms with van der Waals surface area (Å²) in [5, 5.41) is 2.42. The third-order valence-corrected chi connectivity index (χ3v) is 3.86. The summed E-state index contributed by atoms with van der Waals surface area (Å²) in [5.41, 5.74) is 0. The summed E-state index contributed by atoms with van der Waals surface area (Å²) in [6, 6.07) is 5.81. The molecule has 0 aliphatic carbocycles. The van der Waals surface area contributed by atoms with Gasteiger partial charge in [0, 0.05) is 20.7 Å². The molecule has 0 aliphatic heterocycles. The lowest BCUT2D eigenvalue weighted by Gasteiger charge is -2.08. The second-order valence-corrected chi connectivity index (χ2v) is 5.59. The SMILES string of the molecule is CNC(=O)COc1ccc(S(=O)(=O)NCCOC)cc1. The van der Waals surface area contributed by atoms with Gasteiger partial charge >= 0.3 is 0 Å². The Balaban J connectivity index is 2.63. The molecule has 0 atom stereocenters. The largest absolute Gasteiger partial charge is 0.484 e. The normalized spacial score (nSPS) is 11.1. The Morgan fingerprint density at radius 2 is 1.90 bits per heavy atom. The van der Waals surface area contributed by atoms with E-state index in [0.29, 0.717) is 12.4 Å². The highest BCUT2D eigenvalue weighted by atomic mass is 32.2. The van der Waals surface area contributed by atoms with E-state index in [1.54, 1.807) is 0 Å². The second-order valence-electron chi connectivity index (χ2n) is 3.82. The molecule has 0 radical (unpaired) electrons. The van der Waals surface area contributed by atoms with Gasteiger partial charge in [-0.1, -0.05) is 0 Å². The lowest BCUT2D eigenvalue weighted by atomic mass is 10.3. The van der Waals surface area contributed by atoms with Crippen LogP contribution in [0.15, 0.2) is 29.2 Å². The molecule has 0 aliphatic rings. The minimum absolute atomic E-state index is 0.116. The van der Waals surface area contributed by atoms with Crippen LogP contribution >= 0.6 is 0 Å². The van der Waals surface area contributed by atoms with Gasteiger partial charge in [-0.2, -0.15) is 0 Å². The predicted octanol–water partition coefficient (Wildman–Crippen LogP) is -0.264. The van der Waals surface area contributed by atoms with Gasteiger partial charge in [0.15, 0.2) is 6.61 Å². The maximum absolute atomic E-state index is 11.9. The fourth-order valence-electron chi connectivity index (χ4n) is 1.30. The van der Waals surface area contributed by atoms with Crippen LogP contribution < -0.4 is 14.8 Å². The molecule has 0 spiro atoms. The average molecular weight is 302 g/mol. The summed E-state index contributed by atoms with van der Waals surface area (Å²) in [5.74, 6) is 0.160. The maximum atomic E-state index is 11.9. The van der Waals surface area contributed by atoms with Gasteiger partial charge in [0.25, 0.3) is 5.91 Å². The van der Waals surface area contributed by atoms with Crippen molar-refractivity contribution in [2.45, 2.75) is 4.90 Å². The van der Waals surface area contributed by atoms with Crippen LogP contribution in [0.1, 0.15) is 0 Å². The third-order valence-electron chi connectivity index (χ3n) is 2.38. The molecular weight excluding hydrogens is 284 g/mol. The summed E-state index contributed by atoms with van der Waals surface area (Å²) >= 11 is 0. The number of carbonyl (C=O) groups excluding carboxylic acids is 1. The van der Waals surface area contributed by atoms with E-state index < -0.39 is 10.0 Å². The molecule has 0 fully saturated rings. The van der Waals surface area contributed by atoms with Crippen molar-refractivity contribution < 1.29 is 22.7 Å². The average Bonchev–Trinajstić information content (AvgIpc) is 2.45. The molecule has 0 aromatic heterocycles. The summed E-state index contributed by atoms with van der Waals surface area (Å²) in [6.45, 7) is 0.384. The van der Waals surface area contributed by atoms with E-state index in [1.165, 1.54) is 38.4 Å². The molecule has 2 N–H and O–H groups in total. The van der Waals surface area contributed by atoms with Gasteiger partial charge in [-0.3, -0.25) is 4.79 Å². The number of ether oxygens (including phenoxy) is 2. The van der Waals surface area contributed by atoms with Crippen LogP contribution in [0.2, 0.25) is 0 Å². The second kappa shape index (κ2) is 7.83. The Bertz CT molecular complexity index is 527. The van der Waals surface area contributed by atoms with E-state index in [2.05, 4.69) is 10.0 Å². The van der Waals surface area contributed by atoms with Crippen LogP contribution in [-0.2, 0) is 19.6 Å². The van der Waals surface area contributed by atoms with Crippen LogP contribution in [0.4, 0.5) is 0 Å². The van der Waals surface area contributed by atoms with Crippen molar-refractivity contribution in [3.05, 3.63) is 24.3 Å². The number of nitrogens with one attached hydrogen (secondary N) is 2. The van der Waals surface area contributed by atoms with Crippen LogP contribution in [0.5, 0.6) is 5.75 Å². The monoisotopic (exact) mass is 302 g/mol. The molecule has 0 saturated carbocycles. The fraction of sp³-hybridized carbons (Fsp3) is 0.417. The zero-order valence-corrected chi connectivity index (χ0v) is 12.2. The Hall–Kier alpha value is -1.64. The van der Waals surface area contributed by atoms with Crippen molar-refractivity contribution in [2.75, 3.05) is 33.9 Å². The van der Waals surface area contributed by atoms with E-state index in [-0.39, 0.29) is 24.0 Å². The zero-order chi connectivity index (χ0) is 15.0. The number of amides is 1. The summed E-state index contributed by atoms with van der Waals surface area (Å²) < 4.78 is 36.1. The minimum Gasteiger partial charge on any atom is -0.484 e. The van der Waals surface area contributed by atoms with Gasteiger partial charge in [-0.25, -0.2) is 13.1 Å². The number of hydrogen-bond acceptors (Lipinski definition) is 5. The quantitative estimate of drug-likeness (QED) is 0.645. The summed E-state index contributed by atoms with van der Waals surface area (Å²) in [4.78, 5) is 11.1. The van der Waals surface area contributed by atoms with Gasteiger partial charge in [0.2, 0.25) is 10.0 Å². The first-order valence-electron chi connectivity index (χ1n) is 5.91. The zero-order valence-electron chi connectivity index (χ0n) is 11.4. The Labute approximate surface area is 118 Å². The first kappa shape index (κ1) is 16.4. The number of likely N-dealkylation sites (N-methyl/N-ethyl adjacent to an activating group) is 1. The first-order valence-corrected chi connectivity index (χ1v) is 7.40. The summed E-state index contributed by atoms with van der Waals surface area (Å²) in [7, 11) is -0.550. The molecule has 112 valence electrons. The number of sulfonamides is 1. The molecule has 20 heavy (non-hydrogen) atoms.